The molecule has 0 spiro atoms. The molecule has 1 aromatic carbocycles. The van der Waals surface area contributed by atoms with Crippen LogP contribution >= 0.6 is 0 Å². The molecule has 0 aliphatic rings. The minimum atomic E-state index is -0.131. The number of aliphatic hydroxyl groups excluding tert-OH is 1. The normalized spacial score (nSPS) is 10.4. The van der Waals surface area contributed by atoms with E-state index in [1.165, 1.54) is 0 Å². The van der Waals surface area contributed by atoms with Crippen molar-refractivity contribution in [3.05, 3.63) is 36.4 Å². The maximum atomic E-state index is 11.4. The first kappa shape index (κ1) is 15.1. The minimum Gasteiger partial charge on any atom is -0.497 e. The van der Waals surface area contributed by atoms with E-state index in [1.54, 1.807) is 13.3 Å². The number of methoxy groups -OCH3 is 1. The van der Waals surface area contributed by atoms with Gasteiger partial charge in [-0.15, -0.1) is 0 Å². The number of hydrogen-bond donors (Lipinski definition) is 2. The van der Waals surface area contributed by atoms with Crippen molar-refractivity contribution in [3.8, 4) is 17.1 Å². The number of nitrogens with zero attached hydrogens (tertiary/aromatic N) is 1. The first-order valence-corrected chi connectivity index (χ1v) is 6.69. The summed E-state index contributed by atoms with van der Waals surface area (Å²) in [7, 11) is 1.61. The van der Waals surface area contributed by atoms with Crippen LogP contribution in [0, 0.1) is 0 Å². The average molecular weight is 290 g/mol. The van der Waals surface area contributed by atoms with E-state index < -0.39 is 0 Å². The summed E-state index contributed by atoms with van der Waals surface area (Å²) in [5.41, 5.74) is 0.902. The SMILES string of the molecule is COc1ccc(-c2cnc(CCC(=O)NCCO)o2)cc1. The van der Waals surface area contributed by atoms with E-state index in [-0.39, 0.29) is 25.5 Å². The molecule has 0 aliphatic carbocycles. The second kappa shape index (κ2) is 7.44. The number of benzene rings is 1. The molecule has 2 N–H and O–H groups in total. The summed E-state index contributed by atoms with van der Waals surface area (Å²) in [4.78, 5) is 15.6. The molecule has 2 aromatic rings. The van der Waals surface area contributed by atoms with Gasteiger partial charge in [0.15, 0.2) is 11.7 Å². The lowest BCUT2D eigenvalue weighted by molar-refractivity contribution is -0.121. The van der Waals surface area contributed by atoms with Crippen LogP contribution in [0.2, 0.25) is 0 Å². The average Bonchev–Trinajstić information content (AvgIpc) is 3.00. The van der Waals surface area contributed by atoms with Crippen LogP contribution in [0.4, 0.5) is 0 Å². The summed E-state index contributed by atoms with van der Waals surface area (Å²) in [5, 5.41) is 11.2. The molecule has 0 aliphatic heterocycles. The zero-order valence-corrected chi connectivity index (χ0v) is 11.8. The van der Waals surface area contributed by atoms with Crippen LogP contribution in [0.5, 0.6) is 5.75 Å². The minimum absolute atomic E-state index is 0.0631. The van der Waals surface area contributed by atoms with Gasteiger partial charge in [0.2, 0.25) is 5.91 Å². The van der Waals surface area contributed by atoms with Gasteiger partial charge in [-0.05, 0) is 24.3 Å². The van der Waals surface area contributed by atoms with Crippen molar-refractivity contribution in [1.82, 2.24) is 10.3 Å². The third-order valence-corrected chi connectivity index (χ3v) is 2.93. The second-order valence-corrected chi connectivity index (χ2v) is 4.42. The van der Waals surface area contributed by atoms with E-state index in [9.17, 15) is 4.79 Å². The molecular weight excluding hydrogens is 272 g/mol. The molecule has 0 bridgehead atoms. The summed E-state index contributed by atoms with van der Waals surface area (Å²) >= 11 is 0. The fourth-order valence-corrected chi connectivity index (χ4v) is 1.82. The molecule has 112 valence electrons. The number of aromatic nitrogens is 1. The van der Waals surface area contributed by atoms with Crippen molar-refractivity contribution >= 4 is 5.91 Å². The number of aryl methyl sites for hydroxylation is 1. The van der Waals surface area contributed by atoms with E-state index >= 15 is 0 Å². The highest BCUT2D eigenvalue weighted by molar-refractivity contribution is 5.76. The summed E-state index contributed by atoms with van der Waals surface area (Å²) in [6.45, 7) is 0.202. The molecule has 0 saturated carbocycles. The third-order valence-electron chi connectivity index (χ3n) is 2.93. The van der Waals surface area contributed by atoms with Crippen LogP contribution in [0.1, 0.15) is 12.3 Å². The third kappa shape index (κ3) is 4.32. The first-order chi connectivity index (χ1) is 10.2. The van der Waals surface area contributed by atoms with Crippen LogP contribution in [0.15, 0.2) is 34.9 Å². The highest BCUT2D eigenvalue weighted by atomic mass is 16.5. The molecular formula is C15H18N2O4. The van der Waals surface area contributed by atoms with Crippen molar-refractivity contribution < 1.29 is 19.1 Å². The summed E-state index contributed by atoms with van der Waals surface area (Å²) in [6.07, 6.45) is 2.35. The molecule has 6 heteroatoms. The van der Waals surface area contributed by atoms with Gasteiger partial charge in [0.25, 0.3) is 0 Å². The number of ether oxygens (including phenoxy) is 1. The van der Waals surface area contributed by atoms with Crippen molar-refractivity contribution in [2.75, 3.05) is 20.3 Å². The summed E-state index contributed by atoms with van der Waals surface area (Å²) in [5.74, 6) is 1.82. The highest BCUT2D eigenvalue weighted by Crippen LogP contribution is 2.23. The molecule has 0 fully saturated rings. The van der Waals surface area contributed by atoms with Gasteiger partial charge in [-0.2, -0.15) is 0 Å². The van der Waals surface area contributed by atoms with Crippen LogP contribution in [0.3, 0.4) is 0 Å². The number of hydrogen-bond acceptors (Lipinski definition) is 5. The number of nitrogens with one attached hydrogen (secondary N) is 1. The molecule has 1 aromatic heterocycles. The number of carbonyl (C=O) groups excluding carboxylic acids is 1. The van der Waals surface area contributed by atoms with E-state index in [2.05, 4.69) is 10.3 Å². The number of aliphatic hydroxyl groups is 1. The van der Waals surface area contributed by atoms with Gasteiger partial charge in [0, 0.05) is 24.9 Å². The Bertz CT molecular complexity index is 578. The molecule has 21 heavy (non-hydrogen) atoms. The van der Waals surface area contributed by atoms with E-state index in [0.29, 0.717) is 18.1 Å². The molecule has 1 heterocycles. The lowest BCUT2D eigenvalue weighted by Gasteiger charge is -2.01. The maximum Gasteiger partial charge on any atom is 0.220 e. The largest absolute Gasteiger partial charge is 0.497 e. The van der Waals surface area contributed by atoms with Gasteiger partial charge >= 0.3 is 0 Å². The topological polar surface area (TPSA) is 84.6 Å². The quantitative estimate of drug-likeness (QED) is 0.805. The molecule has 0 saturated heterocycles. The van der Waals surface area contributed by atoms with E-state index in [0.717, 1.165) is 11.3 Å². The molecule has 0 unspecified atom stereocenters. The predicted molar refractivity (Wildman–Crippen MR) is 76.9 cm³/mol. The van der Waals surface area contributed by atoms with Crippen molar-refractivity contribution in [2.24, 2.45) is 0 Å². The Labute approximate surface area is 122 Å². The fourth-order valence-electron chi connectivity index (χ4n) is 1.82. The molecule has 1 amide bonds. The Morgan fingerprint density at radius 1 is 1.38 bits per heavy atom. The standard InChI is InChI=1S/C15H18N2O4/c1-20-12-4-2-11(3-5-12)13-10-17-15(21-13)7-6-14(19)16-8-9-18/h2-5,10,18H,6-9H2,1H3,(H,16,19). The van der Waals surface area contributed by atoms with Crippen molar-refractivity contribution in [2.45, 2.75) is 12.8 Å². The molecule has 0 radical (unpaired) electrons. The second-order valence-electron chi connectivity index (χ2n) is 4.42. The van der Waals surface area contributed by atoms with Crippen LogP contribution < -0.4 is 10.1 Å². The Morgan fingerprint density at radius 3 is 2.81 bits per heavy atom. The van der Waals surface area contributed by atoms with E-state index in [4.69, 9.17) is 14.3 Å². The van der Waals surface area contributed by atoms with Crippen molar-refractivity contribution in [3.63, 3.8) is 0 Å². The van der Waals surface area contributed by atoms with Crippen LogP contribution in [-0.4, -0.2) is 36.3 Å². The molecule has 2 rings (SSSR count). The zero-order valence-electron chi connectivity index (χ0n) is 11.8. The van der Waals surface area contributed by atoms with Gasteiger partial charge in [-0.25, -0.2) is 4.98 Å². The van der Waals surface area contributed by atoms with Crippen LogP contribution in [0.25, 0.3) is 11.3 Å². The Hall–Kier alpha value is -2.34. The summed E-state index contributed by atoms with van der Waals surface area (Å²) in [6, 6.07) is 7.47. The lowest BCUT2D eigenvalue weighted by atomic mass is 10.2. The fraction of sp³-hybridized carbons (Fsp3) is 0.333. The highest BCUT2D eigenvalue weighted by Gasteiger charge is 2.09. The predicted octanol–water partition coefficient (Wildman–Crippen LogP) is 1.39. The first-order valence-electron chi connectivity index (χ1n) is 6.69. The Kier molecular flexibility index (Phi) is 5.34. The Balaban J connectivity index is 1.92. The number of amides is 1. The zero-order chi connectivity index (χ0) is 15.1. The number of carbonyl (C=O) groups is 1. The lowest BCUT2D eigenvalue weighted by Crippen LogP contribution is -2.26. The van der Waals surface area contributed by atoms with Gasteiger partial charge in [-0.1, -0.05) is 0 Å². The van der Waals surface area contributed by atoms with Crippen LogP contribution in [-0.2, 0) is 11.2 Å². The smallest absolute Gasteiger partial charge is 0.220 e. The monoisotopic (exact) mass is 290 g/mol. The summed E-state index contributed by atoms with van der Waals surface area (Å²) < 4.78 is 10.7. The van der Waals surface area contributed by atoms with Crippen molar-refractivity contribution in [1.29, 1.82) is 0 Å². The van der Waals surface area contributed by atoms with Gasteiger partial charge in [0.1, 0.15) is 5.75 Å². The van der Waals surface area contributed by atoms with Gasteiger partial charge in [-0.3, -0.25) is 4.79 Å². The molecule has 0 atom stereocenters. The number of rotatable bonds is 7. The maximum absolute atomic E-state index is 11.4. The molecule has 6 nitrogen and oxygen atoms in total. The number of oxazole rings is 1. The van der Waals surface area contributed by atoms with E-state index in [1.807, 2.05) is 24.3 Å². The van der Waals surface area contributed by atoms with Gasteiger partial charge < -0.3 is 19.6 Å². The van der Waals surface area contributed by atoms with Gasteiger partial charge in [0.05, 0.1) is 19.9 Å². The Morgan fingerprint density at radius 2 is 2.14 bits per heavy atom.